The Bertz CT molecular complexity index is 473. The smallest absolute Gasteiger partial charge is 0.396 e. The molecule has 1 aliphatic carbocycles. The molecule has 1 saturated carbocycles. The van der Waals surface area contributed by atoms with Crippen LogP contribution in [-0.2, 0) is 6.18 Å². The van der Waals surface area contributed by atoms with Crippen LogP contribution in [0.3, 0.4) is 0 Å². The van der Waals surface area contributed by atoms with Crippen LogP contribution in [0, 0.1) is 5.92 Å². The predicted octanol–water partition coefficient (Wildman–Crippen LogP) is 1.99. The Balaban J connectivity index is 2.02. The molecule has 2 atom stereocenters. The van der Waals surface area contributed by atoms with Crippen LogP contribution < -0.4 is 5.32 Å². The number of aromatic nitrogens is 1. The van der Waals surface area contributed by atoms with E-state index in [1.165, 1.54) is 0 Å². The number of rotatable bonds is 3. The van der Waals surface area contributed by atoms with Gasteiger partial charge in [-0.05, 0) is 25.0 Å². The van der Waals surface area contributed by atoms with Crippen molar-refractivity contribution in [3.05, 3.63) is 29.6 Å². The molecule has 1 aliphatic rings. The third kappa shape index (κ3) is 3.27. The second-order valence-corrected chi connectivity index (χ2v) is 4.88. The summed E-state index contributed by atoms with van der Waals surface area (Å²) in [5.41, 5.74) is -0.940. The third-order valence-electron chi connectivity index (χ3n) is 3.53. The van der Waals surface area contributed by atoms with Gasteiger partial charge in [0.25, 0.3) is 5.91 Å². The first-order valence-electron chi connectivity index (χ1n) is 6.37. The number of alkyl halides is 3. The maximum Gasteiger partial charge on any atom is 0.417 e. The number of halogens is 3. The van der Waals surface area contributed by atoms with E-state index in [1.54, 1.807) is 0 Å². The molecule has 2 rings (SSSR count). The molecule has 0 spiro atoms. The topological polar surface area (TPSA) is 62.2 Å². The van der Waals surface area contributed by atoms with Gasteiger partial charge in [-0.2, -0.15) is 13.2 Å². The Labute approximate surface area is 114 Å². The van der Waals surface area contributed by atoms with Crippen LogP contribution >= 0.6 is 0 Å². The Kier molecular flexibility index (Phi) is 4.27. The first-order chi connectivity index (χ1) is 9.41. The Morgan fingerprint density at radius 1 is 1.40 bits per heavy atom. The number of amides is 1. The van der Waals surface area contributed by atoms with E-state index in [0.717, 1.165) is 31.4 Å². The lowest BCUT2D eigenvalue weighted by Gasteiger charge is -2.18. The Morgan fingerprint density at radius 2 is 2.15 bits per heavy atom. The van der Waals surface area contributed by atoms with Crippen LogP contribution in [0.5, 0.6) is 0 Å². The number of aliphatic hydroxyl groups is 1. The van der Waals surface area contributed by atoms with Crippen LogP contribution in [0.1, 0.15) is 35.3 Å². The summed E-state index contributed by atoms with van der Waals surface area (Å²) in [4.78, 5) is 15.4. The average Bonchev–Trinajstić information content (AvgIpc) is 2.85. The molecule has 0 aliphatic heterocycles. The molecule has 2 N–H and O–H groups in total. The third-order valence-corrected chi connectivity index (χ3v) is 3.53. The summed E-state index contributed by atoms with van der Waals surface area (Å²) in [7, 11) is 0. The molecule has 7 heteroatoms. The molecule has 1 aromatic heterocycles. The van der Waals surface area contributed by atoms with E-state index in [-0.39, 0.29) is 24.3 Å². The lowest BCUT2D eigenvalue weighted by atomic mass is 10.1. The van der Waals surface area contributed by atoms with Crippen LogP contribution in [0.2, 0.25) is 0 Å². The number of carbonyl (C=O) groups excluding carboxylic acids is 1. The zero-order valence-electron chi connectivity index (χ0n) is 10.7. The van der Waals surface area contributed by atoms with Gasteiger partial charge in [0.1, 0.15) is 5.69 Å². The van der Waals surface area contributed by atoms with E-state index in [0.29, 0.717) is 6.20 Å². The number of nitrogens with one attached hydrogen (secondary N) is 1. The van der Waals surface area contributed by atoms with E-state index in [2.05, 4.69) is 10.3 Å². The fourth-order valence-corrected chi connectivity index (χ4v) is 2.38. The molecule has 20 heavy (non-hydrogen) atoms. The van der Waals surface area contributed by atoms with Gasteiger partial charge < -0.3 is 10.4 Å². The lowest BCUT2D eigenvalue weighted by Crippen LogP contribution is -2.38. The predicted molar refractivity (Wildman–Crippen MR) is 64.9 cm³/mol. The lowest BCUT2D eigenvalue weighted by molar-refractivity contribution is -0.137. The average molecular weight is 288 g/mol. The molecule has 2 unspecified atom stereocenters. The van der Waals surface area contributed by atoms with Gasteiger partial charge in [0, 0.05) is 24.8 Å². The minimum absolute atomic E-state index is 0.00778. The number of nitrogens with zero attached hydrogens (tertiary/aromatic N) is 1. The van der Waals surface area contributed by atoms with E-state index in [1.807, 2.05) is 0 Å². The fraction of sp³-hybridized carbons (Fsp3) is 0.538. The van der Waals surface area contributed by atoms with Crippen LogP contribution in [-0.4, -0.2) is 28.6 Å². The van der Waals surface area contributed by atoms with Crippen molar-refractivity contribution in [1.82, 2.24) is 10.3 Å². The van der Waals surface area contributed by atoms with Gasteiger partial charge in [0.05, 0.1) is 5.56 Å². The van der Waals surface area contributed by atoms with E-state index < -0.39 is 17.6 Å². The van der Waals surface area contributed by atoms with Gasteiger partial charge in [-0.3, -0.25) is 9.78 Å². The molecule has 1 aromatic rings. The van der Waals surface area contributed by atoms with Crippen molar-refractivity contribution in [3.63, 3.8) is 0 Å². The highest BCUT2D eigenvalue weighted by atomic mass is 19.4. The van der Waals surface area contributed by atoms with Crippen LogP contribution in [0.4, 0.5) is 13.2 Å². The minimum atomic E-state index is -4.46. The van der Waals surface area contributed by atoms with Crippen molar-refractivity contribution < 1.29 is 23.1 Å². The summed E-state index contributed by atoms with van der Waals surface area (Å²) in [6.45, 7) is -0.00854. The highest BCUT2D eigenvalue weighted by Gasteiger charge is 2.31. The molecule has 4 nitrogen and oxygen atoms in total. The van der Waals surface area contributed by atoms with E-state index >= 15 is 0 Å². The number of hydrogen-bond donors (Lipinski definition) is 2. The second kappa shape index (κ2) is 5.78. The summed E-state index contributed by atoms with van der Waals surface area (Å²) in [5, 5.41) is 11.9. The van der Waals surface area contributed by atoms with Crippen molar-refractivity contribution >= 4 is 5.91 Å². The molecule has 0 radical (unpaired) electrons. The number of carbonyl (C=O) groups is 1. The summed E-state index contributed by atoms with van der Waals surface area (Å²) in [6, 6.07) is 1.75. The number of aliphatic hydroxyl groups excluding tert-OH is 1. The van der Waals surface area contributed by atoms with Crippen molar-refractivity contribution in [2.75, 3.05) is 6.61 Å². The highest BCUT2D eigenvalue weighted by molar-refractivity contribution is 5.92. The first kappa shape index (κ1) is 14.8. The molecule has 1 amide bonds. The Morgan fingerprint density at radius 3 is 2.70 bits per heavy atom. The maximum absolute atomic E-state index is 12.4. The zero-order chi connectivity index (χ0) is 14.8. The minimum Gasteiger partial charge on any atom is -0.396 e. The first-order valence-corrected chi connectivity index (χ1v) is 6.37. The van der Waals surface area contributed by atoms with E-state index in [4.69, 9.17) is 5.11 Å². The highest BCUT2D eigenvalue weighted by Crippen LogP contribution is 2.28. The van der Waals surface area contributed by atoms with Gasteiger partial charge in [0.15, 0.2) is 0 Å². The monoisotopic (exact) mass is 288 g/mol. The zero-order valence-corrected chi connectivity index (χ0v) is 10.7. The number of hydrogen-bond acceptors (Lipinski definition) is 3. The Hall–Kier alpha value is -1.63. The summed E-state index contributed by atoms with van der Waals surface area (Å²) < 4.78 is 37.1. The van der Waals surface area contributed by atoms with Crippen molar-refractivity contribution in [2.45, 2.75) is 31.5 Å². The summed E-state index contributed by atoms with van der Waals surface area (Å²) in [6.07, 6.45) is -1.31. The van der Waals surface area contributed by atoms with Crippen LogP contribution in [0.25, 0.3) is 0 Å². The van der Waals surface area contributed by atoms with Crippen molar-refractivity contribution in [3.8, 4) is 0 Å². The molecule has 0 bridgehead atoms. The largest absolute Gasteiger partial charge is 0.417 e. The molecule has 0 aromatic carbocycles. The molecule has 110 valence electrons. The van der Waals surface area contributed by atoms with Gasteiger partial charge in [0.2, 0.25) is 0 Å². The van der Waals surface area contributed by atoms with Gasteiger partial charge in [-0.1, -0.05) is 6.42 Å². The molecule has 1 heterocycles. The number of pyridine rings is 1. The van der Waals surface area contributed by atoms with Gasteiger partial charge in [-0.15, -0.1) is 0 Å². The standard InChI is InChI=1S/C13H15F3N2O2/c14-13(15,16)9-4-5-11(17-6-9)12(20)18-10-3-1-2-8(10)7-19/h4-6,8,10,19H,1-3,7H2,(H,18,20). The summed E-state index contributed by atoms with van der Waals surface area (Å²) >= 11 is 0. The molecule has 1 fully saturated rings. The SMILES string of the molecule is O=C(NC1CCCC1CO)c1ccc(C(F)(F)F)cn1. The second-order valence-electron chi connectivity index (χ2n) is 4.88. The quantitative estimate of drug-likeness (QED) is 0.894. The molecule has 0 saturated heterocycles. The van der Waals surface area contributed by atoms with Crippen LogP contribution in [0.15, 0.2) is 18.3 Å². The summed E-state index contributed by atoms with van der Waals surface area (Å²) in [5.74, 6) is -0.502. The van der Waals surface area contributed by atoms with Gasteiger partial charge >= 0.3 is 6.18 Å². The van der Waals surface area contributed by atoms with Crippen molar-refractivity contribution in [1.29, 1.82) is 0 Å². The molecular weight excluding hydrogens is 273 g/mol. The van der Waals surface area contributed by atoms with E-state index in [9.17, 15) is 18.0 Å². The maximum atomic E-state index is 12.4. The normalized spacial score (nSPS) is 22.8. The molecular formula is C13H15F3N2O2. The van der Waals surface area contributed by atoms with Crippen molar-refractivity contribution in [2.24, 2.45) is 5.92 Å². The van der Waals surface area contributed by atoms with Gasteiger partial charge in [-0.25, -0.2) is 0 Å². The fourth-order valence-electron chi connectivity index (χ4n) is 2.38.